The van der Waals surface area contributed by atoms with Gasteiger partial charge in [0.1, 0.15) is 17.2 Å². The number of barbiturate groups is 1. The van der Waals surface area contributed by atoms with E-state index >= 15 is 0 Å². The molecule has 1 aromatic carbocycles. The molecule has 1 N–H and O–H groups in total. The summed E-state index contributed by atoms with van der Waals surface area (Å²) >= 11 is 0. The molecule has 3 aromatic rings. The summed E-state index contributed by atoms with van der Waals surface area (Å²) in [5.41, 5.74) is 2.14. The van der Waals surface area contributed by atoms with Crippen LogP contribution in [0.15, 0.2) is 58.7 Å². The molecule has 0 saturated carbocycles. The van der Waals surface area contributed by atoms with Gasteiger partial charge in [-0.05, 0) is 55.8 Å². The first-order chi connectivity index (χ1) is 14.4. The van der Waals surface area contributed by atoms with Gasteiger partial charge in [0.15, 0.2) is 0 Å². The minimum atomic E-state index is -0.810. The third kappa shape index (κ3) is 3.32. The maximum Gasteiger partial charge on any atom is 0.331 e. The molecule has 8 heteroatoms. The first-order valence-corrected chi connectivity index (χ1v) is 9.22. The van der Waals surface area contributed by atoms with Gasteiger partial charge in [0.25, 0.3) is 11.8 Å². The summed E-state index contributed by atoms with van der Waals surface area (Å²) in [6.07, 6.45) is 2.85. The molecule has 1 fully saturated rings. The Morgan fingerprint density at radius 3 is 2.57 bits per heavy atom. The largest absolute Gasteiger partial charge is 0.467 e. The van der Waals surface area contributed by atoms with Crippen LogP contribution in [0, 0.1) is 19.7 Å². The molecule has 1 saturated heterocycles. The van der Waals surface area contributed by atoms with Crippen molar-refractivity contribution in [2.45, 2.75) is 20.4 Å². The molecule has 4 amide bonds. The van der Waals surface area contributed by atoms with Crippen LogP contribution in [0.1, 0.15) is 22.7 Å². The fraction of sp³-hybridized carbons (Fsp3) is 0.136. The van der Waals surface area contributed by atoms with Crippen LogP contribution in [0.4, 0.5) is 9.18 Å². The number of hydrogen-bond acceptors (Lipinski definition) is 4. The van der Waals surface area contributed by atoms with Gasteiger partial charge in [-0.15, -0.1) is 0 Å². The third-order valence-corrected chi connectivity index (χ3v) is 4.94. The molecular formula is C22H18FN3O4. The van der Waals surface area contributed by atoms with Crippen LogP contribution >= 0.6 is 0 Å². The van der Waals surface area contributed by atoms with Crippen LogP contribution in [0.3, 0.4) is 0 Å². The second-order valence-corrected chi connectivity index (χ2v) is 6.90. The highest BCUT2D eigenvalue weighted by Gasteiger charge is 2.36. The Kier molecular flexibility index (Phi) is 4.83. The fourth-order valence-electron chi connectivity index (χ4n) is 3.49. The number of rotatable bonds is 4. The van der Waals surface area contributed by atoms with Gasteiger partial charge in [0.05, 0.1) is 18.5 Å². The lowest BCUT2D eigenvalue weighted by Gasteiger charge is -2.25. The second kappa shape index (κ2) is 7.47. The maximum absolute atomic E-state index is 14.3. The van der Waals surface area contributed by atoms with Crippen molar-refractivity contribution in [3.63, 3.8) is 0 Å². The molecule has 0 spiro atoms. The number of carbonyl (C=O) groups is 3. The Hall–Kier alpha value is -3.94. The van der Waals surface area contributed by atoms with Crippen molar-refractivity contribution in [3.05, 3.63) is 82.8 Å². The lowest BCUT2D eigenvalue weighted by atomic mass is 10.1. The molecule has 7 nitrogen and oxygen atoms in total. The number of amides is 4. The third-order valence-electron chi connectivity index (χ3n) is 4.94. The van der Waals surface area contributed by atoms with Crippen LogP contribution < -0.4 is 5.32 Å². The number of aromatic nitrogens is 1. The lowest BCUT2D eigenvalue weighted by molar-refractivity contribution is -0.130. The summed E-state index contributed by atoms with van der Waals surface area (Å²) in [4.78, 5) is 38.3. The van der Waals surface area contributed by atoms with E-state index in [1.807, 2.05) is 0 Å². The molecule has 4 rings (SSSR count). The number of aryl methyl sites for hydroxylation is 1. The molecular weight excluding hydrogens is 389 g/mol. The van der Waals surface area contributed by atoms with E-state index in [0.29, 0.717) is 22.7 Å². The molecule has 2 aromatic heterocycles. The average molecular weight is 407 g/mol. The predicted molar refractivity (Wildman–Crippen MR) is 106 cm³/mol. The van der Waals surface area contributed by atoms with Crippen molar-refractivity contribution in [2.75, 3.05) is 0 Å². The van der Waals surface area contributed by atoms with E-state index in [0.717, 1.165) is 10.6 Å². The Labute approximate surface area is 171 Å². The number of para-hydroxylation sites is 1. The first-order valence-electron chi connectivity index (χ1n) is 9.22. The quantitative estimate of drug-likeness (QED) is 0.530. The fourth-order valence-corrected chi connectivity index (χ4v) is 3.49. The smallest absolute Gasteiger partial charge is 0.331 e. The first kappa shape index (κ1) is 19.4. The SMILES string of the molecule is Cc1cc(/C=C2/C(=O)NC(=O)N(Cc3ccco3)C2=O)c(C)n1-c1ccccc1F. The molecule has 0 atom stereocenters. The second-order valence-electron chi connectivity index (χ2n) is 6.90. The number of halogens is 1. The normalized spacial score (nSPS) is 15.8. The lowest BCUT2D eigenvalue weighted by Crippen LogP contribution is -2.53. The minimum Gasteiger partial charge on any atom is -0.467 e. The van der Waals surface area contributed by atoms with E-state index < -0.39 is 17.8 Å². The van der Waals surface area contributed by atoms with Crippen LogP contribution in [0.25, 0.3) is 11.8 Å². The summed E-state index contributed by atoms with van der Waals surface area (Å²) in [5, 5.41) is 2.17. The average Bonchev–Trinajstić information content (AvgIpc) is 3.31. The molecule has 1 aliphatic rings. The monoisotopic (exact) mass is 407 g/mol. The summed E-state index contributed by atoms with van der Waals surface area (Å²) in [6, 6.07) is 10.6. The number of urea groups is 1. The van der Waals surface area contributed by atoms with Crippen LogP contribution in [-0.4, -0.2) is 27.3 Å². The van der Waals surface area contributed by atoms with E-state index in [1.54, 1.807) is 54.8 Å². The van der Waals surface area contributed by atoms with Crippen molar-refractivity contribution < 1.29 is 23.2 Å². The highest BCUT2D eigenvalue weighted by molar-refractivity contribution is 6.31. The molecule has 0 radical (unpaired) electrons. The van der Waals surface area contributed by atoms with E-state index in [1.165, 1.54) is 18.4 Å². The number of nitrogens with one attached hydrogen (secondary N) is 1. The molecule has 0 aliphatic carbocycles. The van der Waals surface area contributed by atoms with Gasteiger partial charge in [0, 0.05) is 11.4 Å². The Morgan fingerprint density at radius 2 is 1.87 bits per heavy atom. The summed E-state index contributed by atoms with van der Waals surface area (Å²) in [6.45, 7) is 3.47. The van der Waals surface area contributed by atoms with Crippen LogP contribution in [0.2, 0.25) is 0 Å². The van der Waals surface area contributed by atoms with Gasteiger partial charge in [-0.1, -0.05) is 12.1 Å². The molecule has 0 bridgehead atoms. The highest BCUT2D eigenvalue weighted by atomic mass is 19.1. The van der Waals surface area contributed by atoms with E-state index in [-0.39, 0.29) is 17.9 Å². The number of imide groups is 2. The molecule has 30 heavy (non-hydrogen) atoms. The zero-order chi connectivity index (χ0) is 21.4. The van der Waals surface area contributed by atoms with Crippen LogP contribution in [-0.2, 0) is 16.1 Å². The number of benzene rings is 1. The summed E-state index contributed by atoms with van der Waals surface area (Å²) in [5.74, 6) is -1.49. The number of carbonyl (C=O) groups excluding carboxylic acids is 3. The number of nitrogens with zero attached hydrogens (tertiary/aromatic N) is 2. The highest BCUT2D eigenvalue weighted by Crippen LogP contribution is 2.25. The molecule has 3 heterocycles. The topological polar surface area (TPSA) is 84.6 Å². The van der Waals surface area contributed by atoms with Crippen molar-refractivity contribution >= 4 is 23.9 Å². The van der Waals surface area contributed by atoms with Crippen molar-refractivity contribution in [2.24, 2.45) is 0 Å². The van der Waals surface area contributed by atoms with Crippen LogP contribution in [0.5, 0.6) is 0 Å². The van der Waals surface area contributed by atoms with E-state index in [2.05, 4.69) is 5.32 Å². The van der Waals surface area contributed by atoms with Gasteiger partial charge in [-0.25, -0.2) is 9.18 Å². The number of furan rings is 1. The Balaban J connectivity index is 1.72. The maximum atomic E-state index is 14.3. The number of hydrogen-bond donors (Lipinski definition) is 1. The van der Waals surface area contributed by atoms with Gasteiger partial charge < -0.3 is 8.98 Å². The van der Waals surface area contributed by atoms with Gasteiger partial charge in [-0.3, -0.25) is 19.8 Å². The van der Waals surface area contributed by atoms with Crippen molar-refractivity contribution in [3.8, 4) is 5.69 Å². The summed E-state index contributed by atoms with van der Waals surface area (Å²) in [7, 11) is 0. The van der Waals surface area contributed by atoms with E-state index in [4.69, 9.17) is 4.42 Å². The Morgan fingerprint density at radius 1 is 1.10 bits per heavy atom. The zero-order valence-electron chi connectivity index (χ0n) is 16.3. The molecule has 152 valence electrons. The van der Waals surface area contributed by atoms with Gasteiger partial charge >= 0.3 is 6.03 Å². The van der Waals surface area contributed by atoms with Crippen molar-refractivity contribution in [1.29, 1.82) is 0 Å². The minimum absolute atomic E-state index is 0.101. The molecule has 0 unspecified atom stereocenters. The van der Waals surface area contributed by atoms with Crippen molar-refractivity contribution in [1.82, 2.24) is 14.8 Å². The summed E-state index contributed by atoms with van der Waals surface area (Å²) < 4.78 is 21.2. The van der Waals surface area contributed by atoms with Gasteiger partial charge in [0.2, 0.25) is 0 Å². The molecule has 1 aliphatic heterocycles. The zero-order valence-corrected chi connectivity index (χ0v) is 16.3. The Bertz CT molecular complexity index is 1190. The van der Waals surface area contributed by atoms with E-state index in [9.17, 15) is 18.8 Å². The predicted octanol–water partition coefficient (Wildman–Crippen LogP) is 3.49. The standard InChI is InChI=1S/C22H18FN3O4/c1-13-10-15(14(2)26(13)19-8-4-3-7-18(19)23)11-17-20(27)24-22(29)25(21(17)28)12-16-6-5-9-30-16/h3-11H,12H2,1-2H3,(H,24,27,29)/b17-11-. The van der Waals surface area contributed by atoms with Gasteiger partial charge in [-0.2, -0.15) is 0 Å².